The predicted molar refractivity (Wildman–Crippen MR) is 117 cm³/mol. The second kappa shape index (κ2) is 10.8. The normalized spacial score (nSPS) is 20.4. The van der Waals surface area contributed by atoms with Gasteiger partial charge in [0.2, 0.25) is 5.91 Å². The molecule has 0 aliphatic carbocycles. The van der Waals surface area contributed by atoms with Gasteiger partial charge in [0.25, 0.3) is 0 Å². The Balaban J connectivity index is 2.29. The summed E-state index contributed by atoms with van der Waals surface area (Å²) < 4.78 is 16.1. The van der Waals surface area contributed by atoms with Gasteiger partial charge in [0.05, 0.1) is 26.4 Å². The van der Waals surface area contributed by atoms with Gasteiger partial charge in [0, 0.05) is 6.54 Å². The van der Waals surface area contributed by atoms with Gasteiger partial charge in [-0.1, -0.05) is 30.3 Å². The van der Waals surface area contributed by atoms with Crippen molar-refractivity contribution in [2.45, 2.75) is 70.4 Å². The molecule has 1 aliphatic rings. The van der Waals surface area contributed by atoms with Crippen LogP contribution in [0.5, 0.6) is 0 Å². The highest BCUT2D eigenvalue weighted by molar-refractivity contribution is 5.94. The highest BCUT2D eigenvalue weighted by Crippen LogP contribution is 2.32. The molecule has 1 aliphatic heterocycles. The number of amides is 2. The Morgan fingerprint density at radius 3 is 2.44 bits per heavy atom. The minimum atomic E-state index is -1.39. The van der Waals surface area contributed by atoms with E-state index in [9.17, 15) is 19.5 Å². The highest BCUT2D eigenvalue weighted by atomic mass is 16.6. The van der Waals surface area contributed by atoms with E-state index in [1.807, 2.05) is 30.3 Å². The Kier molecular flexibility index (Phi) is 8.63. The molecule has 0 radical (unpaired) electrons. The summed E-state index contributed by atoms with van der Waals surface area (Å²) in [6.45, 7) is 7.06. The zero-order chi connectivity index (χ0) is 23.9. The van der Waals surface area contributed by atoms with Crippen LogP contribution in [0.3, 0.4) is 0 Å². The average molecular weight is 451 g/mol. The molecule has 0 aromatic heterocycles. The maximum atomic E-state index is 13.5. The maximum absolute atomic E-state index is 13.5. The lowest BCUT2D eigenvalue weighted by Crippen LogP contribution is -2.64. The van der Waals surface area contributed by atoms with Crippen LogP contribution in [-0.4, -0.2) is 71.5 Å². The van der Waals surface area contributed by atoms with Crippen LogP contribution < -0.4 is 5.32 Å². The molecule has 1 unspecified atom stereocenters. The number of carbonyl (C=O) groups excluding carboxylic acids is 3. The number of ether oxygens (including phenoxy) is 3. The molecular formula is C23H34N2O7. The summed E-state index contributed by atoms with van der Waals surface area (Å²) in [5, 5.41) is 12.5. The summed E-state index contributed by atoms with van der Waals surface area (Å²) in [4.78, 5) is 39.8. The fourth-order valence-electron chi connectivity index (χ4n) is 3.60. The number of aliphatic hydroxyl groups excluding tert-OH is 1. The lowest BCUT2D eigenvalue weighted by molar-refractivity contribution is -0.151. The van der Waals surface area contributed by atoms with Crippen molar-refractivity contribution in [3.05, 3.63) is 35.9 Å². The lowest BCUT2D eigenvalue weighted by Gasteiger charge is -2.38. The van der Waals surface area contributed by atoms with E-state index >= 15 is 0 Å². The third-order valence-corrected chi connectivity index (χ3v) is 5.20. The lowest BCUT2D eigenvalue weighted by atomic mass is 9.95. The van der Waals surface area contributed by atoms with Gasteiger partial charge in [-0.05, 0) is 46.1 Å². The average Bonchev–Trinajstić information content (AvgIpc) is 3.16. The van der Waals surface area contributed by atoms with Gasteiger partial charge < -0.3 is 24.6 Å². The van der Waals surface area contributed by atoms with Crippen LogP contribution in [0.4, 0.5) is 4.79 Å². The van der Waals surface area contributed by atoms with Crippen molar-refractivity contribution in [1.29, 1.82) is 0 Å². The Labute approximate surface area is 189 Å². The molecule has 0 bridgehead atoms. The van der Waals surface area contributed by atoms with Crippen molar-refractivity contribution in [3.63, 3.8) is 0 Å². The van der Waals surface area contributed by atoms with Crippen molar-refractivity contribution < 1.29 is 33.7 Å². The molecule has 1 heterocycles. The Bertz CT molecular complexity index is 791. The van der Waals surface area contributed by atoms with Crippen LogP contribution in [0.15, 0.2) is 30.3 Å². The minimum absolute atomic E-state index is 0.0966. The second-order valence-corrected chi connectivity index (χ2v) is 8.96. The number of nitrogens with one attached hydrogen (secondary N) is 1. The number of aliphatic hydroxyl groups is 1. The fraction of sp³-hybridized carbons (Fsp3) is 0.609. The standard InChI is InChI=1S/C23H34N2O7/c1-16(26)18(19(27)30-5)24-20(28)23(15-31-14-17-10-7-6-8-11-17)12-9-13-25(23)21(29)32-22(2,3)4/h6-8,10-11,16,18,26H,9,12-15H2,1-5H3,(H,24,28)/t16-,18+,23?/m1/s1. The largest absolute Gasteiger partial charge is 0.467 e. The molecule has 3 atom stereocenters. The molecule has 0 saturated carbocycles. The quantitative estimate of drug-likeness (QED) is 0.582. The Morgan fingerprint density at radius 2 is 1.88 bits per heavy atom. The summed E-state index contributed by atoms with van der Waals surface area (Å²) >= 11 is 0. The van der Waals surface area contributed by atoms with Gasteiger partial charge in [0.1, 0.15) is 11.1 Å². The molecule has 2 rings (SSSR count). The first-order chi connectivity index (χ1) is 15.0. The maximum Gasteiger partial charge on any atom is 0.411 e. The number of carbonyl (C=O) groups is 3. The van der Waals surface area contributed by atoms with Gasteiger partial charge in [-0.2, -0.15) is 0 Å². The van der Waals surface area contributed by atoms with Crippen molar-refractivity contribution in [2.75, 3.05) is 20.3 Å². The number of hydrogen-bond donors (Lipinski definition) is 2. The van der Waals surface area contributed by atoms with Crippen LogP contribution in [0, 0.1) is 0 Å². The van der Waals surface area contributed by atoms with Crippen LogP contribution >= 0.6 is 0 Å². The predicted octanol–water partition coefficient (Wildman–Crippen LogP) is 2.01. The van der Waals surface area contributed by atoms with E-state index in [1.165, 1.54) is 18.9 Å². The van der Waals surface area contributed by atoms with E-state index in [0.717, 1.165) is 5.56 Å². The summed E-state index contributed by atoms with van der Waals surface area (Å²) in [5.74, 6) is -1.39. The molecule has 0 spiro atoms. The first-order valence-electron chi connectivity index (χ1n) is 10.7. The van der Waals surface area contributed by atoms with Crippen LogP contribution in [0.1, 0.15) is 46.1 Å². The van der Waals surface area contributed by atoms with Crippen molar-refractivity contribution in [3.8, 4) is 0 Å². The fourth-order valence-corrected chi connectivity index (χ4v) is 3.60. The smallest absolute Gasteiger partial charge is 0.411 e. The Morgan fingerprint density at radius 1 is 1.22 bits per heavy atom. The molecule has 1 saturated heterocycles. The number of rotatable bonds is 8. The molecule has 9 heteroatoms. The molecule has 2 amide bonds. The van der Waals surface area contributed by atoms with E-state index in [2.05, 4.69) is 5.32 Å². The number of methoxy groups -OCH3 is 1. The number of esters is 1. The second-order valence-electron chi connectivity index (χ2n) is 8.96. The number of nitrogens with zero attached hydrogens (tertiary/aromatic N) is 1. The topological polar surface area (TPSA) is 114 Å². The Hall–Kier alpha value is -2.65. The molecule has 178 valence electrons. The molecule has 2 N–H and O–H groups in total. The van der Waals surface area contributed by atoms with Gasteiger partial charge >= 0.3 is 12.1 Å². The van der Waals surface area contributed by atoms with E-state index in [4.69, 9.17) is 14.2 Å². The third kappa shape index (κ3) is 6.43. The SMILES string of the molecule is COC(=O)[C@@H](NC(=O)C1(COCc2ccccc2)CCCN1C(=O)OC(C)(C)C)[C@@H](C)O. The molecule has 9 nitrogen and oxygen atoms in total. The molecular weight excluding hydrogens is 416 g/mol. The van der Waals surface area contributed by atoms with E-state index in [1.54, 1.807) is 20.8 Å². The highest BCUT2D eigenvalue weighted by Gasteiger charge is 2.52. The first-order valence-corrected chi connectivity index (χ1v) is 10.7. The summed E-state index contributed by atoms with van der Waals surface area (Å²) in [7, 11) is 1.17. The minimum Gasteiger partial charge on any atom is -0.467 e. The van der Waals surface area contributed by atoms with E-state index in [0.29, 0.717) is 19.4 Å². The number of hydrogen-bond acceptors (Lipinski definition) is 7. The van der Waals surface area contributed by atoms with E-state index < -0.39 is 41.3 Å². The number of likely N-dealkylation sites (tertiary alicyclic amines) is 1. The molecule has 1 aromatic rings. The van der Waals surface area contributed by atoms with Crippen LogP contribution in [0.2, 0.25) is 0 Å². The molecule has 1 aromatic carbocycles. The zero-order valence-corrected chi connectivity index (χ0v) is 19.4. The van der Waals surface area contributed by atoms with Gasteiger partial charge in [-0.25, -0.2) is 9.59 Å². The van der Waals surface area contributed by atoms with Crippen molar-refractivity contribution in [1.82, 2.24) is 10.2 Å². The molecule has 1 fully saturated rings. The van der Waals surface area contributed by atoms with Gasteiger partial charge in [0.15, 0.2) is 6.04 Å². The van der Waals surface area contributed by atoms with Crippen LogP contribution in [0.25, 0.3) is 0 Å². The van der Waals surface area contributed by atoms with Crippen molar-refractivity contribution >= 4 is 18.0 Å². The third-order valence-electron chi connectivity index (χ3n) is 5.20. The summed E-state index contributed by atoms with van der Waals surface area (Å²) in [6, 6.07) is 8.17. The summed E-state index contributed by atoms with van der Waals surface area (Å²) in [5.41, 5.74) is -1.22. The summed E-state index contributed by atoms with van der Waals surface area (Å²) in [6.07, 6.45) is -0.954. The number of benzene rings is 1. The van der Waals surface area contributed by atoms with Crippen LogP contribution in [-0.2, 0) is 30.4 Å². The van der Waals surface area contributed by atoms with Crippen molar-refractivity contribution in [2.24, 2.45) is 0 Å². The first kappa shape index (κ1) is 25.6. The molecule has 32 heavy (non-hydrogen) atoms. The van der Waals surface area contributed by atoms with Gasteiger partial charge in [-0.15, -0.1) is 0 Å². The monoisotopic (exact) mass is 450 g/mol. The zero-order valence-electron chi connectivity index (χ0n) is 19.4. The van der Waals surface area contributed by atoms with E-state index in [-0.39, 0.29) is 13.2 Å². The van der Waals surface area contributed by atoms with Gasteiger partial charge in [-0.3, -0.25) is 9.69 Å².